The summed E-state index contributed by atoms with van der Waals surface area (Å²) in [5.74, 6) is 0. The smallest absolute Gasteiger partial charge is 0.296 e. The fraction of sp³-hybridized carbons (Fsp3) is 0.222. The van der Waals surface area contributed by atoms with Crippen molar-refractivity contribution in [3.63, 3.8) is 0 Å². The van der Waals surface area contributed by atoms with Crippen molar-refractivity contribution < 1.29 is 9.63 Å². The standard InChI is InChI=1S/C9H10ClN2O2/c1-12(9(13)11-14-2)8-5-3-7(10)4-6-8/h3,5-6H,1-2H3,(H,11,13). The molecule has 0 aliphatic carbocycles. The minimum absolute atomic E-state index is 0.358. The van der Waals surface area contributed by atoms with Crippen molar-refractivity contribution in [3.05, 3.63) is 29.3 Å². The number of amides is 2. The van der Waals surface area contributed by atoms with Crippen LogP contribution in [0.2, 0.25) is 5.02 Å². The number of hydroxylamine groups is 1. The zero-order valence-electron chi connectivity index (χ0n) is 7.87. The van der Waals surface area contributed by atoms with E-state index in [9.17, 15) is 4.79 Å². The summed E-state index contributed by atoms with van der Waals surface area (Å²) in [6.07, 6.45) is 0. The zero-order valence-corrected chi connectivity index (χ0v) is 8.63. The van der Waals surface area contributed by atoms with Gasteiger partial charge in [0.05, 0.1) is 7.11 Å². The molecule has 1 aromatic carbocycles. The molecular formula is C9H10ClN2O2. The first-order valence-electron chi connectivity index (χ1n) is 3.89. The van der Waals surface area contributed by atoms with Crippen molar-refractivity contribution in [2.45, 2.75) is 0 Å². The molecular weight excluding hydrogens is 204 g/mol. The van der Waals surface area contributed by atoms with Crippen molar-refractivity contribution in [1.82, 2.24) is 5.48 Å². The first-order valence-corrected chi connectivity index (χ1v) is 4.27. The zero-order chi connectivity index (χ0) is 10.6. The van der Waals surface area contributed by atoms with Crippen LogP contribution in [-0.4, -0.2) is 20.2 Å². The van der Waals surface area contributed by atoms with Gasteiger partial charge in [0.1, 0.15) is 0 Å². The molecule has 1 rings (SSSR count). The number of benzene rings is 1. The van der Waals surface area contributed by atoms with Gasteiger partial charge in [-0.1, -0.05) is 11.6 Å². The molecule has 0 atom stereocenters. The Bertz CT molecular complexity index is 313. The first kappa shape index (κ1) is 10.8. The van der Waals surface area contributed by atoms with E-state index in [0.29, 0.717) is 10.7 Å². The maximum absolute atomic E-state index is 11.3. The molecule has 14 heavy (non-hydrogen) atoms. The van der Waals surface area contributed by atoms with Crippen LogP contribution < -0.4 is 10.4 Å². The van der Waals surface area contributed by atoms with Gasteiger partial charge in [0.25, 0.3) is 0 Å². The van der Waals surface area contributed by atoms with E-state index in [1.807, 2.05) is 0 Å². The van der Waals surface area contributed by atoms with Gasteiger partial charge in [-0.3, -0.25) is 9.74 Å². The SMILES string of the molecule is CONC(=O)N(C)c1c[c]c(Cl)cc1. The summed E-state index contributed by atoms with van der Waals surface area (Å²) in [5.41, 5.74) is 2.88. The third-order valence-electron chi connectivity index (χ3n) is 1.64. The normalized spacial score (nSPS) is 9.64. The van der Waals surface area contributed by atoms with Gasteiger partial charge in [-0.25, -0.2) is 10.3 Å². The minimum Gasteiger partial charge on any atom is -0.296 e. The largest absolute Gasteiger partial charge is 0.345 e. The van der Waals surface area contributed by atoms with Gasteiger partial charge in [-0.15, -0.1) is 0 Å². The molecule has 0 spiro atoms. The first-order chi connectivity index (χ1) is 6.65. The number of hydrogen-bond acceptors (Lipinski definition) is 2. The van der Waals surface area contributed by atoms with Crippen molar-refractivity contribution in [2.75, 3.05) is 19.1 Å². The Morgan fingerprint density at radius 3 is 2.86 bits per heavy atom. The van der Waals surface area contributed by atoms with Gasteiger partial charge in [0.15, 0.2) is 0 Å². The van der Waals surface area contributed by atoms with Gasteiger partial charge in [0, 0.05) is 23.8 Å². The molecule has 75 valence electrons. The molecule has 0 unspecified atom stereocenters. The molecule has 0 heterocycles. The van der Waals surface area contributed by atoms with E-state index < -0.39 is 0 Å². The summed E-state index contributed by atoms with van der Waals surface area (Å²) in [5, 5.41) is 0.509. The average molecular weight is 214 g/mol. The molecule has 0 bridgehead atoms. The maximum atomic E-state index is 11.3. The van der Waals surface area contributed by atoms with Crippen LogP contribution in [0.1, 0.15) is 0 Å². The maximum Gasteiger partial charge on any atom is 0.345 e. The van der Waals surface area contributed by atoms with Crippen LogP contribution in [0.25, 0.3) is 0 Å². The number of carbonyl (C=O) groups is 1. The van der Waals surface area contributed by atoms with E-state index in [4.69, 9.17) is 11.6 Å². The van der Waals surface area contributed by atoms with Crippen LogP contribution in [0.3, 0.4) is 0 Å². The number of carbonyl (C=O) groups excluding carboxylic acids is 1. The lowest BCUT2D eigenvalue weighted by molar-refractivity contribution is 0.111. The third-order valence-corrected chi connectivity index (χ3v) is 1.87. The number of rotatable bonds is 2. The lowest BCUT2D eigenvalue weighted by Gasteiger charge is -2.16. The Morgan fingerprint density at radius 1 is 1.64 bits per heavy atom. The number of urea groups is 1. The lowest BCUT2D eigenvalue weighted by Crippen LogP contribution is -2.36. The van der Waals surface area contributed by atoms with Gasteiger partial charge >= 0.3 is 6.03 Å². The van der Waals surface area contributed by atoms with Crippen LogP contribution in [0.4, 0.5) is 10.5 Å². The molecule has 0 aliphatic rings. The second-order valence-electron chi connectivity index (χ2n) is 2.57. The van der Waals surface area contributed by atoms with Crippen molar-refractivity contribution in [2.24, 2.45) is 0 Å². The highest BCUT2D eigenvalue weighted by Crippen LogP contribution is 2.15. The van der Waals surface area contributed by atoms with Gasteiger partial charge in [0.2, 0.25) is 0 Å². The van der Waals surface area contributed by atoms with Crippen LogP contribution in [0.5, 0.6) is 0 Å². The van der Waals surface area contributed by atoms with Crippen molar-refractivity contribution in [1.29, 1.82) is 0 Å². The van der Waals surface area contributed by atoms with Crippen LogP contribution in [0.15, 0.2) is 18.2 Å². The second-order valence-corrected chi connectivity index (χ2v) is 2.97. The van der Waals surface area contributed by atoms with E-state index >= 15 is 0 Å². The summed E-state index contributed by atoms with van der Waals surface area (Å²) in [6.45, 7) is 0. The topological polar surface area (TPSA) is 41.6 Å². The Hall–Kier alpha value is -1.26. The predicted octanol–water partition coefficient (Wildman–Crippen LogP) is 1.85. The molecule has 1 radical (unpaired) electrons. The molecule has 0 saturated carbocycles. The molecule has 1 N–H and O–H groups in total. The molecule has 0 aromatic heterocycles. The van der Waals surface area contributed by atoms with Gasteiger partial charge in [-0.05, 0) is 18.2 Å². The average Bonchev–Trinajstić information content (AvgIpc) is 2.18. The monoisotopic (exact) mass is 213 g/mol. The number of halogens is 1. The highest BCUT2D eigenvalue weighted by molar-refractivity contribution is 6.30. The summed E-state index contributed by atoms with van der Waals surface area (Å²) >= 11 is 5.66. The minimum atomic E-state index is -0.358. The second kappa shape index (κ2) is 4.83. The Kier molecular flexibility index (Phi) is 3.73. The van der Waals surface area contributed by atoms with Crippen LogP contribution in [0, 0.1) is 6.07 Å². The fourth-order valence-electron chi connectivity index (χ4n) is 0.879. The number of nitrogens with one attached hydrogen (secondary N) is 1. The van der Waals surface area contributed by atoms with E-state index in [2.05, 4.69) is 16.4 Å². The summed E-state index contributed by atoms with van der Waals surface area (Å²) in [4.78, 5) is 17.1. The van der Waals surface area contributed by atoms with Crippen LogP contribution in [-0.2, 0) is 4.84 Å². The summed E-state index contributed by atoms with van der Waals surface area (Å²) < 4.78 is 0. The fourth-order valence-corrected chi connectivity index (χ4v) is 0.997. The number of anilines is 1. The Balaban J connectivity index is 2.73. The lowest BCUT2D eigenvalue weighted by atomic mass is 10.3. The van der Waals surface area contributed by atoms with Gasteiger partial charge < -0.3 is 0 Å². The van der Waals surface area contributed by atoms with Crippen molar-refractivity contribution in [3.8, 4) is 0 Å². The van der Waals surface area contributed by atoms with E-state index in [0.717, 1.165) is 0 Å². The van der Waals surface area contributed by atoms with E-state index in [-0.39, 0.29) is 6.03 Å². The quantitative estimate of drug-likeness (QED) is 0.762. The Morgan fingerprint density at radius 2 is 2.36 bits per heavy atom. The molecule has 5 heteroatoms. The Labute approximate surface area is 87.4 Å². The molecule has 0 fully saturated rings. The number of nitrogens with zero attached hydrogens (tertiary/aromatic N) is 1. The van der Waals surface area contributed by atoms with E-state index in [1.165, 1.54) is 12.0 Å². The predicted molar refractivity (Wildman–Crippen MR) is 54.2 cm³/mol. The molecule has 1 aromatic rings. The third kappa shape index (κ3) is 2.61. The molecule has 0 saturated heterocycles. The highest BCUT2D eigenvalue weighted by Gasteiger charge is 2.09. The highest BCUT2D eigenvalue weighted by atomic mass is 35.5. The van der Waals surface area contributed by atoms with Crippen LogP contribution >= 0.6 is 11.6 Å². The van der Waals surface area contributed by atoms with E-state index in [1.54, 1.807) is 25.2 Å². The number of hydrogen-bond donors (Lipinski definition) is 1. The summed E-state index contributed by atoms with van der Waals surface area (Å²) in [6, 6.07) is 7.42. The summed E-state index contributed by atoms with van der Waals surface area (Å²) in [7, 11) is 2.99. The van der Waals surface area contributed by atoms with Gasteiger partial charge in [-0.2, -0.15) is 0 Å². The molecule has 2 amide bonds. The van der Waals surface area contributed by atoms with Crippen molar-refractivity contribution >= 4 is 23.3 Å². The molecule has 0 aliphatic heterocycles. The molecule has 4 nitrogen and oxygen atoms in total.